The quantitative estimate of drug-likeness (QED) is 0.191. The van der Waals surface area contributed by atoms with Crippen LogP contribution in [0.15, 0.2) is 158 Å². The van der Waals surface area contributed by atoms with Gasteiger partial charge in [-0.25, -0.2) is 0 Å². The normalized spacial score (nSPS) is 12.1. The monoisotopic (exact) mass is 554 g/mol. The van der Waals surface area contributed by atoms with Crippen LogP contribution in [0.2, 0.25) is 0 Å². The first-order chi connectivity index (χ1) is 21.8. The molecule has 0 heterocycles. The van der Waals surface area contributed by atoms with Gasteiger partial charge < -0.3 is 0 Å². The summed E-state index contributed by atoms with van der Waals surface area (Å²) >= 11 is 0. The fourth-order valence-corrected chi connectivity index (χ4v) is 7.82. The predicted molar refractivity (Wildman–Crippen MR) is 190 cm³/mol. The van der Waals surface area contributed by atoms with Crippen molar-refractivity contribution >= 4 is 64.6 Å². The van der Waals surface area contributed by atoms with Crippen LogP contribution in [-0.4, -0.2) is 0 Å². The molecule has 0 unspecified atom stereocenters. The Morgan fingerprint density at radius 3 is 1.02 bits per heavy atom. The van der Waals surface area contributed by atoms with Gasteiger partial charge in [-0.05, 0) is 110 Å². The van der Waals surface area contributed by atoms with E-state index in [4.69, 9.17) is 0 Å². The van der Waals surface area contributed by atoms with Crippen molar-refractivity contribution < 1.29 is 0 Å². The molecule has 0 saturated carbocycles. The fourth-order valence-electron chi connectivity index (χ4n) is 7.82. The second-order valence-electron chi connectivity index (χ2n) is 12.0. The highest BCUT2D eigenvalue weighted by atomic mass is 14.2. The molecule has 0 saturated heterocycles. The van der Waals surface area contributed by atoms with Crippen LogP contribution in [0.5, 0.6) is 0 Å². The standard InChI is InChI=1S/C44H26/c1-3-9-27(10-4-1)33-23-21-31-19-17-29-13-7-15-35-37(25-39(33)43(31)41(29)35)38-26-40-34(28-11-5-2-6-12-28)24-22-32-20-18-30-14-8-16-36(38)42(30)44(32)40/h1-26H. The molecule has 10 rings (SSSR count). The van der Waals surface area contributed by atoms with E-state index in [1.54, 1.807) is 0 Å². The average molecular weight is 555 g/mol. The fraction of sp³-hybridized carbons (Fsp3) is 0. The Kier molecular flexibility index (Phi) is 4.81. The lowest BCUT2D eigenvalue weighted by atomic mass is 9.82. The second kappa shape index (κ2) is 8.89. The van der Waals surface area contributed by atoms with Crippen molar-refractivity contribution in [3.05, 3.63) is 158 Å². The molecule has 0 atom stereocenters. The highest BCUT2D eigenvalue weighted by Gasteiger charge is 2.20. The van der Waals surface area contributed by atoms with Crippen molar-refractivity contribution in [1.82, 2.24) is 0 Å². The van der Waals surface area contributed by atoms with Gasteiger partial charge in [0.05, 0.1) is 0 Å². The summed E-state index contributed by atoms with van der Waals surface area (Å²) in [7, 11) is 0. The molecule has 44 heavy (non-hydrogen) atoms. The number of hydrogen-bond donors (Lipinski definition) is 0. The van der Waals surface area contributed by atoms with Crippen LogP contribution in [0.3, 0.4) is 0 Å². The molecule has 0 nitrogen and oxygen atoms in total. The summed E-state index contributed by atoms with van der Waals surface area (Å²) in [5.41, 5.74) is 7.63. The number of hydrogen-bond acceptors (Lipinski definition) is 0. The zero-order valence-electron chi connectivity index (χ0n) is 24.0. The van der Waals surface area contributed by atoms with Crippen molar-refractivity contribution in [3.8, 4) is 33.4 Å². The summed E-state index contributed by atoms with van der Waals surface area (Å²) < 4.78 is 0. The summed E-state index contributed by atoms with van der Waals surface area (Å²) in [5, 5.41) is 15.8. The van der Waals surface area contributed by atoms with E-state index in [0.717, 1.165) is 0 Å². The first-order valence-electron chi connectivity index (χ1n) is 15.4. The van der Waals surface area contributed by atoms with Crippen LogP contribution in [0.25, 0.3) is 98.0 Å². The van der Waals surface area contributed by atoms with Gasteiger partial charge >= 0.3 is 0 Å². The Morgan fingerprint density at radius 2 is 0.591 bits per heavy atom. The van der Waals surface area contributed by atoms with E-state index in [1.165, 1.54) is 98.0 Å². The van der Waals surface area contributed by atoms with E-state index in [0.29, 0.717) is 0 Å². The molecule has 0 aliphatic heterocycles. The van der Waals surface area contributed by atoms with E-state index in [-0.39, 0.29) is 0 Å². The van der Waals surface area contributed by atoms with Crippen molar-refractivity contribution in [2.75, 3.05) is 0 Å². The van der Waals surface area contributed by atoms with E-state index in [1.807, 2.05) is 0 Å². The Bertz CT molecular complexity index is 2490. The summed E-state index contributed by atoms with van der Waals surface area (Å²) in [5.74, 6) is 0. The maximum atomic E-state index is 2.48. The van der Waals surface area contributed by atoms with Gasteiger partial charge in [-0.2, -0.15) is 0 Å². The number of benzene rings is 10. The minimum atomic E-state index is 1.25. The maximum Gasteiger partial charge on any atom is -0.00201 e. The van der Waals surface area contributed by atoms with Gasteiger partial charge in [0.15, 0.2) is 0 Å². The van der Waals surface area contributed by atoms with Crippen LogP contribution >= 0.6 is 0 Å². The van der Waals surface area contributed by atoms with E-state index >= 15 is 0 Å². The summed E-state index contributed by atoms with van der Waals surface area (Å²) in [6.07, 6.45) is 0. The topological polar surface area (TPSA) is 0 Å². The van der Waals surface area contributed by atoms with E-state index in [2.05, 4.69) is 158 Å². The molecule has 0 heteroatoms. The molecule has 0 aliphatic carbocycles. The van der Waals surface area contributed by atoms with Crippen LogP contribution in [0.4, 0.5) is 0 Å². The Balaban J connectivity index is 1.42. The minimum absolute atomic E-state index is 1.25. The molecular formula is C44H26. The largest absolute Gasteiger partial charge is 0.0622 e. The van der Waals surface area contributed by atoms with Gasteiger partial charge in [-0.1, -0.05) is 146 Å². The summed E-state index contributed by atoms with van der Waals surface area (Å²) in [6, 6.07) is 58.6. The minimum Gasteiger partial charge on any atom is -0.0622 e. The van der Waals surface area contributed by atoms with Gasteiger partial charge in [0.2, 0.25) is 0 Å². The van der Waals surface area contributed by atoms with Crippen LogP contribution in [-0.2, 0) is 0 Å². The molecule has 10 aromatic carbocycles. The average Bonchev–Trinajstić information content (AvgIpc) is 3.10. The first-order valence-corrected chi connectivity index (χ1v) is 15.4. The predicted octanol–water partition coefficient (Wildman–Crippen LogP) is 12.5. The smallest absolute Gasteiger partial charge is 0.00201 e. The molecule has 0 bridgehead atoms. The van der Waals surface area contributed by atoms with Crippen LogP contribution < -0.4 is 0 Å². The Labute approximate surface area is 255 Å². The first kappa shape index (κ1) is 23.8. The third-order valence-electron chi connectivity index (χ3n) is 9.75. The van der Waals surface area contributed by atoms with Crippen molar-refractivity contribution in [1.29, 1.82) is 0 Å². The molecule has 0 radical (unpaired) electrons. The summed E-state index contributed by atoms with van der Waals surface area (Å²) in [6.45, 7) is 0. The molecular weight excluding hydrogens is 528 g/mol. The second-order valence-corrected chi connectivity index (χ2v) is 12.0. The van der Waals surface area contributed by atoms with E-state index in [9.17, 15) is 0 Å². The van der Waals surface area contributed by atoms with Gasteiger partial charge in [-0.15, -0.1) is 0 Å². The molecule has 0 spiro atoms. The highest BCUT2D eigenvalue weighted by Crippen LogP contribution is 2.48. The number of rotatable bonds is 3. The lowest BCUT2D eigenvalue weighted by Crippen LogP contribution is -1.93. The maximum absolute atomic E-state index is 2.48. The van der Waals surface area contributed by atoms with Gasteiger partial charge in [0.25, 0.3) is 0 Å². The van der Waals surface area contributed by atoms with Crippen molar-refractivity contribution in [2.24, 2.45) is 0 Å². The van der Waals surface area contributed by atoms with Gasteiger partial charge in [0, 0.05) is 0 Å². The molecule has 0 aliphatic rings. The van der Waals surface area contributed by atoms with Gasteiger partial charge in [-0.3, -0.25) is 0 Å². The highest BCUT2D eigenvalue weighted by molar-refractivity contribution is 6.32. The third kappa shape index (κ3) is 3.23. The molecule has 0 amide bonds. The summed E-state index contributed by atoms with van der Waals surface area (Å²) in [4.78, 5) is 0. The SMILES string of the molecule is c1ccc(-c2ccc3ccc4cccc5c(-c6cc7c(-c8ccccc8)ccc8ccc9cccc6c9c87)cc2c3c45)cc1. The zero-order chi connectivity index (χ0) is 28.8. The Morgan fingerprint density at radius 1 is 0.227 bits per heavy atom. The molecule has 0 N–H and O–H groups in total. The molecule has 202 valence electrons. The molecule has 0 fully saturated rings. The molecule has 10 aromatic rings. The zero-order valence-corrected chi connectivity index (χ0v) is 24.0. The van der Waals surface area contributed by atoms with Gasteiger partial charge in [0.1, 0.15) is 0 Å². The Hall–Kier alpha value is -5.72. The van der Waals surface area contributed by atoms with E-state index < -0.39 is 0 Å². The molecule has 0 aromatic heterocycles. The third-order valence-corrected chi connectivity index (χ3v) is 9.75. The van der Waals surface area contributed by atoms with Crippen molar-refractivity contribution in [2.45, 2.75) is 0 Å². The van der Waals surface area contributed by atoms with Crippen molar-refractivity contribution in [3.63, 3.8) is 0 Å². The lowest BCUT2D eigenvalue weighted by molar-refractivity contribution is 1.65. The van der Waals surface area contributed by atoms with Crippen LogP contribution in [0.1, 0.15) is 0 Å². The van der Waals surface area contributed by atoms with Crippen LogP contribution in [0, 0.1) is 0 Å². The lowest BCUT2D eigenvalue weighted by Gasteiger charge is -2.21.